The third-order valence-electron chi connectivity index (χ3n) is 2.67. The summed E-state index contributed by atoms with van der Waals surface area (Å²) in [7, 11) is 0. The number of hydrogen-bond acceptors (Lipinski definition) is 5. The lowest BCUT2D eigenvalue weighted by atomic mass is 10.1. The fourth-order valence-electron chi connectivity index (χ4n) is 1.67. The van der Waals surface area contributed by atoms with Gasteiger partial charge in [-0.2, -0.15) is 0 Å². The van der Waals surface area contributed by atoms with Crippen molar-refractivity contribution in [2.75, 3.05) is 5.32 Å². The van der Waals surface area contributed by atoms with Crippen LogP contribution in [0.1, 0.15) is 40.7 Å². The van der Waals surface area contributed by atoms with Crippen LogP contribution in [0.25, 0.3) is 0 Å². The van der Waals surface area contributed by atoms with Crippen molar-refractivity contribution in [1.29, 1.82) is 0 Å². The molecule has 2 aromatic rings. The molecule has 0 saturated heterocycles. The fourth-order valence-corrected chi connectivity index (χ4v) is 2.51. The zero-order valence-electron chi connectivity index (χ0n) is 11.1. The minimum absolute atomic E-state index is 0.150. The first-order chi connectivity index (χ1) is 9.49. The predicted molar refractivity (Wildman–Crippen MR) is 84.3 cm³/mol. The van der Waals surface area contributed by atoms with Gasteiger partial charge in [-0.1, -0.05) is 42.7 Å². The lowest BCUT2D eigenvalue weighted by Gasteiger charge is -2.07. The third-order valence-corrected chi connectivity index (χ3v) is 3.65. The predicted octanol–water partition coefficient (Wildman–Crippen LogP) is 2.55. The SMILES string of the molecule is CC(C)c1nnsc1C(=O)Nc1cccc(C(N)=S)c1. The molecular weight excluding hydrogens is 292 g/mol. The molecule has 0 fully saturated rings. The molecule has 0 saturated carbocycles. The molecule has 7 heteroatoms. The Morgan fingerprint density at radius 3 is 2.85 bits per heavy atom. The third kappa shape index (κ3) is 3.17. The van der Waals surface area contributed by atoms with Crippen molar-refractivity contribution in [3.63, 3.8) is 0 Å². The number of anilines is 1. The molecule has 0 radical (unpaired) electrons. The van der Waals surface area contributed by atoms with Crippen LogP contribution >= 0.6 is 23.8 Å². The highest BCUT2D eigenvalue weighted by Gasteiger charge is 2.18. The summed E-state index contributed by atoms with van der Waals surface area (Å²) in [6, 6.07) is 7.11. The first kappa shape index (κ1) is 14.5. The molecule has 0 aliphatic heterocycles. The second kappa shape index (κ2) is 6.06. The monoisotopic (exact) mass is 306 g/mol. The van der Waals surface area contributed by atoms with E-state index in [-0.39, 0.29) is 11.8 Å². The number of hydrogen-bond donors (Lipinski definition) is 2. The Labute approximate surface area is 126 Å². The topological polar surface area (TPSA) is 80.9 Å². The average Bonchev–Trinajstić information content (AvgIpc) is 2.88. The first-order valence-corrected chi connectivity index (χ1v) is 7.20. The highest BCUT2D eigenvalue weighted by atomic mass is 32.1. The van der Waals surface area contributed by atoms with Crippen molar-refractivity contribution in [3.8, 4) is 0 Å². The Balaban J connectivity index is 2.21. The summed E-state index contributed by atoms with van der Waals surface area (Å²) in [5.41, 5.74) is 7.63. The number of carbonyl (C=O) groups excluding carboxylic acids is 1. The van der Waals surface area contributed by atoms with Crippen molar-refractivity contribution < 1.29 is 4.79 Å². The smallest absolute Gasteiger partial charge is 0.269 e. The van der Waals surface area contributed by atoms with Gasteiger partial charge in [0.2, 0.25) is 0 Å². The van der Waals surface area contributed by atoms with Gasteiger partial charge in [0.1, 0.15) is 9.87 Å². The summed E-state index contributed by atoms with van der Waals surface area (Å²) in [6.45, 7) is 3.95. The standard InChI is InChI=1S/C13H14N4OS2/c1-7(2)10-11(20-17-16-10)13(18)15-9-5-3-4-8(6-9)12(14)19/h3-7H,1-2H3,(H2,14,19)(H,15,18). The maximum absolute atomic E-state index is 12.2. The molecule has 0 atom stereocenters. The minimum Gasteiger partial charge on any atom is -0.389 e. The summed E-state index contributed by atoms with van der Waals surface area (Å²) < 4.78 is 3.84. The molecule has 20 heavy (non-hydrogen) atoms. The van der Waals surface area contributed by atoms with E-state index in [0.717, 1.165) is 11.5 Å². The van der Waals surface area contributed by atoms with Crippen LogP contribution in [0.15, 0.2) is 24.3 Å². The van der Waals surface area contributed by atoms with E-state index in [9.17, 15) is 4.79 Å². The number of nitrogens with one attached hydrogen (secondary N) is 1. The van der Waals surface area contributed by atoms with Gasteiger partial charge in [-0.05, 0) is 29.6 Å². The Morgan fingerprint density at radius 1 is 1.45 bits per heavy atom. The molecule has 5 nitrogen and oxygen atoms in total. The van der Waals surface area contributed by atoms with E-state index >= 15 is 0 Å². The van der Waals surface area contributed by atoms with Crippen molar-refractivity contribution in [2.24, 2.45) is 5.73 Å². The summed E-state index contributed by atoms with van der Waals surface area (Å²) in [5, 5.41) is 6.80. The van der Waals surface area contributed by atoms with Crippen molar-refractivity contribution in [2.45, 2.75) is 19.8 Å². The van der Waals surface area contributed by atoms with Crippen LogP contribution in [0.5, 0.6) is 0 Å². The summed E-state index contributed by atoms with van der Waals surface area (Å²) in [5.74, 6) is -0.0683. The number of nitrogens with two attached hydrogens (primary N) is 1. The normalized spacial score (nSPS) is 10.6. The Bertz CT molecular complexity index is 651. The second-order valence-electron chi connectivity index (χ2n) is 4.54. The fraction of sp³-hybridized carbons (Fsp3) is 0.231. The zero-order valence-corrected chi connectivity index (χ0v) is 12.7. The van der Waals surface area contributed by atoms with Crippen LogP contribution in [-0.4, -0.2) is 20.5 Å². The van der Waals surface area contributed by atoms with Gasteiger partial charge in [0.25, 0.3) is 5.91 Å². The Kier molecular flexibility index (Phi) is 4.41. The Morgan fingerprint density at radius 2 is 2.20 bits per heavy atom. The van der Waals surface area contributed by atoms with Gasteiger partial charge in [-0.15, -0.1) is 5.10 Å². The molecule has 104 valence electrons. The van der Waals surface area contributed by atoms with Gasteiger partial charge in [-0.3, -0.25) is 4.79 Å². The molecule has 1 amide bonds. The average molecular weight is 306 g/mol. The maximum Gasteiger partial charge on any atom is 0.269 e. The molecule has 1 aromatic carbocycles. The van der Waals surface area contributed by atoms with Gasteiger partial charge >= 0.3 is 0 Å². The van der Waals surface area contributed by atoms with Crippen LogP contribution in [0.2, 0.25) is 0 Å². The van der Waals surface area contributed by atoms with Gasteiger partial charge in [0, 0.05) is 11.3 Å². The highest BCUT2D eigenvalue weighted by Crippen LogP contribution is 2.21. The molecule has 0 bridgehead atoms. The lowest BCUT2D eigenvalue weighted by Crippen LogP contribution is -2.14. The van der Waals surface area contributed by atoms with Crippen LogP contribution in [0, 0.1) is 0 Å². The maximum atomic E-state index is 12.2. The number of amides is 1. The van der Waals surface area contributed by atoms with E-state index in [1.54, 1.807) is 24.3 Å². The van der Waals surface area contributed by atoms with E-state index in [1.807, 2.05) is 13.8 Å². The quantitative estimate of drug-likeness (QED) is 0.848. The van der Waals surface area contributed by atoms with E-state index in [1.165, 1.54) is 0 Å². The molecule has 0 spiro atoms. The Hall–Kier alpha value is -1.86. The van der Waals surface area contributed by atoms with Crippen LogP contribution in [0.3, 0.4) is 0 Å². The van der Waals surface area contributed by atoms with Crippen LogP contribution in [0.4, 0.5) is 5.69 Å². The molecule has 2 rings (SSSR count). The van der Waals surface area contributed by atoms with Gasteiger partial charge < -0.3 is 11.1 Å². The second-order valence-corrected chi connectivity index (χ2v) is 5.74. The highest BCUT2D eigenvalue weighted by molar-refractivity contribution is 7.80. The molecular formula is C13H14N4OS2. The number of thiocarbonyl (C=S) groups is 1. The van der Waals surface area contributed by atoms with E-state index in [4.69, 9.17) is 18.0 Å². The molecule has 1 aromatic heterocycles. The first-order valence-electron chi connectivity index (χ1n) is 6.02. The van der Waals surface area contributed by atoms with Gasteiger partial charge in [0.05, 0.1) is 5.69 Å². The van der Waals surface area contributed by atoms with Crippen LogP contribution < -0.4 is 11.1 Å². The number of rotatable bonds is 4. The van der Waals surface area contributed by atoms with Crippen LogP contribution in [-0.2, 0) is 0 Å². The number of aromatic nitrogens is 2. The molecule has 3 N–H and O–H groups in total. The van der Waals surface area contributed by atoms with Crippen molar-refractivity contribution in [1.82, 2.24) is 9.59 Å². The zero-order chi connectivity index (χ0) is 14.7. The van der Waals surface area contributed by atoms with Gasteiger partial charge in [-0.25, -0.2) is 0 Å². The largest absolute Gasteiger partial charge is 0.389 e. The van der Waals surface area contributed by atoms with Crippen molar-refractivity contribution in [3.05, 3.63) is 40.4 Å². The summed E-state index contributed by atoms with van der Waals surface area (Å²) in [6.07, 6.45) is 0. The number of benzene rings is 1. The van der Waals surface area contributed by atoms with Gasteiger partial charge in [0.15, 0.2) is 0 Å². The molecule has 1 heterocycles. The minimum atomic E-state index is -0.219. The summed E-state index contributed by atoms with van der Waals surface area (Å²) >= 11 is 6.01. The molecule has 0 aliphatic rings. The van der Waals surface area contributed by atoms with E-state index in [2.05, 4.69) is 14.9 Å². The van der Waals surface area contributed by atoms with E-state index in [0.29, 0.717) is 26.8 Å². The number of nitrogens with zero attached hydrogens (tertiary/aromatic N) is 2. The van der Waals surface area contributed by atoms with E-state index < -0.39 is 0 Å². The molecule has 0 aliphatic carbocycles. The summed E-state index contributed by atoms with van der Waals surface area (Å²) in [4.78, 5) is 13.1. The molecule has 0 unspecified atom stereocenters. The number of carbonyl (C=O) groups is 1. The lowest BCUT2D eigenvalue weighted by molar-refractivity contribution is 0.102. The van der Waals surface area contributed by atoms with Crippen molar-refractivity contribution >= 4 is 40.3 Å².